The number of rotatable bonds is 3. The summed E-state index contributed by atoms with van der Waals surface area (Å²) in [5.74, 6) is -0.0393. The summed E-state index contributed by atoms with van der Waals surface area (Å²) in [5, 5.41) is 15.2. The molecule has 0 aromatic heterocycles. The molecule has 0 unspecified atom stereocenters. The van der Waals surface area contributed by atoms with Crippen LogP contribution >= 0.6 is 0 Å². The zero-order chi connectivity index (χ0) is 15.5. The van der Waals surface area contributed by atoms with Gasteiger partial charge in [0.1, 0.15) is 0 Å². The minimum atomic E-state index is -0.572. The highest BCUT2D eigenvalue weighted by atomic mass is 16.2. The summed E-state index contributed by atoms with van der Waals surface area (Å²) >= 11 is 0. The number of carbonyl (C=O) groups is 1. The van der Waals surface area contributed by atoms with Crippen LogP contribution in [-0.4, -0.2) is 42.5 Å². The molecule has 21 heavy (non-hydrogen) atoms. The zero-order valence-electron chi connectivity index (χ0n) is 12.9. The van der Waals surface area contributed by atoms with E-state index in [1.54, 1.807) is 12.1 Å². The minimum absolute atomic E-state index is 0.0393. The van der Waals surface area contributed by atoms with Crippen LogP contribution in [0.2, 0.25) is 0 Å². The van der Waals surface area contributed by atoms with Gasteiger partial charge in [-0.1, -0.05) is 6.07 Å². The monoisotopic (exact) mass is 286 g/mol. The van der Waals surface area contributed by atoms with Crippen molar-refractivity contribution >= 4 is 11.6 Å². The Bertz CT molecular complexity index is 568. The maximum atomic E-state index is 12.6. The van der Waals surface area contributed by atoms with Crippen LogP contribution in [0.1, 0.15) is 25.0 Å². The van der Waals surface area contributed by atoms with Crippen molar-refractivity contribution < 1.29 is 4.79 Å². The van der Waals surface area contributed by atoms with Gasteiger partial charge in [0.05, 0.1) is 17.2 Å². The lowest BCUT2D eigenvalue weighted by Crippen LogP contribution is -2.58. The number of anilines is 1. The Labute approximate surface area is 125 Å². The van der Waals surface area contributed by atoms with E-state index >= 15 is 0 Å². The number of nitrogens with one attached hydrogen (secondary N) is 2. The first-order valence-electron chi connectivity index (χ1n) is 7.23. The van der Waals surface area contributed by atoms with Crippen molar-refractivity contribution in [2.24, 2.45) is 0 Å². The fourth-order valence-electron chi connectivity index (χ4n) is 2.47. The first-order valence-corrected chi connectivity index (χ1v) is 7.23. The van der Waals surface area contributed by atoms with Crippen LogP contribution in [0, 0.1) is 18.3 Å². The topological polar surface area (TPSA) is 68.2 Å². The average molecular weight is 286 g/mol. The molecule has 1 fully saturated rings. The largest absolute Gasteiger partial charge is 0.324 e. The Kier molecular flexibility index (Phi) is 4.61. The molecule has 112 valence electrons. The minimum Gasteiger partial charge on any atom is -0.324 e. The van der Waals surface area contributed by atoms with Gasteiger partial charge in [-0.3, -0.25) is 9.69 Å². The van der Waals surface area contributed by atoms with E-state index in [1.165, 1.54) is 0 Å². The summed E-state index contributed by atoms with van der Waals surface area (Å²) in [5.41, 5.74) is 1.65. The van der Waals surface area contributed by atoms with Crippen LogP contribution < -0.4 is 10.6 Å². The Morgan fingerprint density at radius 2 is 2.05 bits per heavy atom. The van der Waals surface area contributed by atoms with E-state index in [0.717, 1.165) is 31.7 Å². The summed E-state index contributed by atoms with van der Waals surface area (Å²) in [4.78, 5) is 14.8. The molecule has 1 aliphatic rings. The molecule has 0 bridgehead atoms. The summed E-state index contributed by atoms with van der Waals surface area (Å²) in [6, 6.07) is 7.43. The van der Waals surface area contributed by atoms with E-state index in [0.29, 0.717) is 11.3 Å². The third-order valence-electron chi connectivity index (χ3n) is 4.08. The first kappa shape index (κ1) is 15.5. The van der Waals surface area contributed by atoms with Gasteiger partial charge in [-0.2, -0.15) is 5.26 Å². The smallest absolute Gasteiger partial charge is 0.244 e. The maximum Gasteiger partial charge on any atom is 0.244 e. The number of aryl methyl sites for hydroxylation is 1. The zero-order valence-corrected chi connectivity index (χ0v) is 12.9. The van der Waals surface area contributed by atoms with Crippen molar-refractivity contribution in [3.8, 4) is 6.07 Å². The number of nitriles is 1. The van der Waals surface area contributed by atoms with E-state index in [4.69, 9.17) is 5.26 Å². The number of carbonyl (C=O) groups excluding carboxylic acids is 1. The van der Waals surface area contributed by atoms with Crippen LogP contribution in [0.4, 0.5) is 5.69 Å². The number of amides is 1. The second-order valence-corrected chi connectivity index (χ2v) is 5.89. The van der Waals surface area contributed by atoms with Gasteiger partial charge in [-0.25, -0.2) is 0 Å². The SMILES string of the molecule is Cc1ccc(C#N)cc1NC(=O)C(C)(C)N1CCNCC1. The number of hydrogen-bond acceptors (Lipinski definition) is 4. The molecule has 0 aliphatic carbocycles. The highest BCUT2D eigenvalue weighted by Crippen LogP contribution is 2.21. The Hall–Kier alpha value is -1.90. The van der Waals surface area contributed by atoms with Gasteiger partial charge >= 0.3 is 0 Å². The van der Waals surface area contributed by atoms with E-state index in [9.17, 15) is 4.79 Å². The molecule has 1 amide bonds. The molecule has 0 radical (unpaired) electrons. The summed E-state index contributed by atoms with van der Waals surface area (Å²) < 4.78 is 0. The second-order valence-electron chi connectivity index (χ2n) is 5.89. The van der Waals surface area contributed by atoms with Gasteiger partial charge in [0.2, 0.25) is 5.91 Å². The molecule has 1 aromatic carbocycles. The predicted octanol–water partition coefficient (Wildman–Crippen LogP) is 1.49. The van der Waals surface area contributed by atoms with Crippen LogP contribution in [0.3, 0.4) is 0 Å². The third kappa shape index (κ3) is 3.41. The highest BCUT2D eigenvalue weighted by molar-refractivity contribution is 5.98. The number of benzene rings is 1. The molecular weight excluding hydrogens is 264 g/mol. The molecule has 1 saturated heterocycles. The van der Waals surface area contributed by atoms with Crippen LogP contribution in [-0.2, 0) is 4.79 Å². The normalized spacial score (nSPS) is 16.3. The summed E-state index contributed by atoms with van der Waals surface area (Å²) in [6.07, 6.45) is 0. The molecule has 1 heterocycles. The van der Waals surface area contributed by atoms with Crippen molar-refractivity contribution in [2.45, 2.75) is 26.3 Å². The van der Waals surface area contributed by atoms with Gasteiger partial charge in [0.15, 0.2) is 0 Å². The average Bonchev–Trinajstić information content (AvgIpc) is 2.50. The standard InChI is InChI=1S/C16H22N4O/c1-12-4-5-13(11-17)10-14(12)19-15(21)16(2,3)20-8-6-18-7-9-20/h4-5,10,18H,6-9H2,1-3H3,(H,19,21). The van der Waals surface area contributed by atoms with E-state index in [2.05, 4.69) is 21.6 Å². The van der Waals surface area contributed by atoms with Gasteiger partial charge in [-0.05, 0) is 38.5 Å². The maximum absolute atomic E-state index is 12.6. The number of hydrogen-bond donors (Lipinski definition) is 2. The van der Waals surface area contributed by atoms with Gasteiger partial charge < -0.3 is 10.6 Å². The fraction of sp³-hybridized carbons (Fsp3) is 0.500. The molecular formula is C16H22N4O. The van der Waals surface area contributed by atoms with Crippen molar-refractivity contribution in [1.29, 1.82) is 5.26 Å². The lowest BCUT2D eigenvalue weighted by molar-refractivity contribution is -0.126. The Morgan fingerprint density at radius 3 is 2.67 bits per heavy atom. The molecule has 2 rings (SSSR count). The lowest BCUT2D eigenvalue weighted by Gasteiger charge is -2.39. The number of nitrogens with zero attached hydrogens (tertiary/aromatic N) is 2. The van der Waals surface area contributed by atoms with Gasteiger partial charge in [0, 0.05) is 31.9 Å². The molecule has 5 nitrogen and oxygen atoms in total. The van der Waals surface area contributed by atoms with E-state index < -0.39 is 5.54 Å². The van der Waals surface area contributed by atoms with Crippen LogP contribution in [0.5, 0.6) is 0 Å². The van der Waals surface area contributed by atoms with Crippen molar-refractivity contribution in [3.05, 3.63) is 29.3 Å². The Balaban J connectivity index is 2.15. The lowest BCUT2D eigenvalue weighted by atomic mass is 9.99. The predicted molar refractivity (Wildman–Crippen MR) is 83.0 cm³/mol. The van der Waals surface area contributed by atoms with Crippen molar-refractivity contribution in [3.63, 3.8) is 0 Å². The highest BCUT2D eigenvalue weighted by Gasteiger charge is 2.35. The van der Waals surface area contributed by atoms with Gasteiger partial charge in [0.25, 0.3) is 0 Å². The van der Waals surface area contributed by atoms with Crippen molar-refractivity contribution in [2.75, 3.05) is 31.5 Å². The van der Waals surface area contributed by atoms with Crippen molar-refractivity contribution in [1.82, 2.24) is 10.2 Å². The molecule has 0 saturated carbocycles. The van der Waals surface area contributed by atoms with E-state index in [1.807, 2.05) is 26.8 Å². The fourth-order valence-corrected chi connectivity index (χ4v) is 2.47. The quantitative estimate of drug-likeness (QED) is 0.883. The first-order chi connectivity index (χ1) is 9.95. The summed E-state index contributed by atoms with van der Waals surface area (Å²) in [7, 11) is 0. The molecule has 1 aromatic rings. The van der Waals surface area contributed by atoms with E-state index in [-0.39, 0.29) is 5.91 Å². The second kappa shape index (κ2) is 6.25. The molecule has 1 aliphatic heterocycles. The molecule has 0 spiro atoms. The number of piperazine rings is 1. The summed E-state index contributed by atoms with van der Waals surface area (Å²) in [6.45, 7) is 9.33. The van der Waals surface area contributed by atoms with Crippen LogP contribution in [0.15, 0.2) is 18.2 Å². The molecule has 2 N–H and O–H groups in total. The van der Waals surface area contributed by atoms with Crippen LogP contribution in [0.25, 0.3) is 0 Å². The third-order valence-corrected chi connectivity index (χ3v) is 4.08. The molecule has 5 heteroatoms. The Morgan fingerprint density at radius 1 is 1.38 bits per heavy atom. The molecule has 0 atom stereocenters. The van der Waals surface area contributed by atoms with Gasteiger partial charge in [-0.15, -0.1) is 0 Å².